The minimum Gasteiger partial charge on any atom is -0.493 e. The highest BCUT2D eigenvalue weighted by Crippen LogP contribution is 2.36. The highest BCUT2D eigenvalue weighted by atomic mass is 16.5. The Kier molecular flexibility index (Phi) is 7.22. The fourth-order valence-electron chi connectivity index (χ4n) is 4.98. The van der Waals surface area contributed by atoms with Crippen molar-refractivity contribution in [3.63, 3.8) is 0 Å². The maximum absolute atomic E-state index is 13.5. The summed E-state index contributed by atoms with van der Waals surface area (Å²) in [6, 6.07) is 15.4. The third kappa shape index (κ3) is 4.80. The van der Waals surface area contributed by atoms with E-state index in [-0.39, 0.29) is 24.4 Å². The van der Waals surface area contributed by atoms with Crippen molar-refractivity contribution < 1.29 is 19.1 Å². The number of carbonyl (C=O) groups is 2. The Morgan fingerprint density at radius 2 is 1.76 bits per heavy atom. The molecule has 0 bridgehead atoms. The van der Waals surface area contributed by atoms with Gasteiger partial charge in [-0.05, 0) is 50.4 Å². The lowest BCUT2D eigenvalue weighted by atomic mass is 9.79. The van der Waals surface area contributed by atoms with Crippen LogP contribution in [0.4, 0.5) is 4.79 Å². The van der Waals surface area contributed by atoms with Gasteiger partial charge >= 0.3 is 6.03 Å². The Balaban J connectivity index is 1.38. The minimum atomic E-state index is -0.894. The molecule has 2 aliphatic heterocycles. The van der Waals surface area contributed by atoms with Gasteiger partial charge in [0.1, 0.15) is 5.54 Å². The van der Waals surface area contributed by atoms with Crippen LogP contribution in [0.15, 0.2) is 54.6 Å². The lowest BCUT2D eigenvalue weighted by Gasteiger charge is -2.38. The van der Waals surface area contributed by atoms with Crippen LogP contribution in [-0.2, 0) is 11.3 Å². The third-order valence-corrected chi connectivity index (χ3v) is 6.99. The van der Waals surface area contributed by atoms with E-state index in [0.29, 0.717) is 11.5 Å². The quantitative estimate of drug-likeness (QED) is 0.601. The molecule has 1 atom stereocenters. The molecule has 0 radical (unpaired) electrons. The van der Waals surface area contributed by atoms with Crippen LogP contribution >= 0.6 is 0 Å². The van der Waals surface area contributed by atoms with E-state index < -0.39 is 5.54 Å². The number of hydrogen-bond acceptors (Lipinski definition) is 5. The lowest BCUT2D eigenvalue weighted by Crippen LogP contribution is -2.53. The Bertz CT molecular complexity index is 1050. The molecule has 3 amide bonds. The first kappa shape index (κ1) is 23.8. The van der Waals surface area contributed by atoms with Gasteiger partial charge < -0.3 is 14.8 Å². The maximum atomic E-state index is 13.5. The van der Waals surface area contributed by atoms with Gasteiger partial charge in [0.2, 0.25) is 0 Å². The summed E-state index contributed by atoms with van der Waals surface area (Å²) in [5.74, 6) is 1.03. The molecule has 2 aromatic carbocycles. The van der Waals surface area contributed by atoms with Crippen molar-refractivity contribution in [1.82, 2.24) is 15.1 Å². The maximum Gasteiger partial charge on any atom is 0.325 e. The molecule has 180 valence electrons. The molecule has 7 nitrogen and oxygen atoms in total. The van der Waals surface area contributed by atoms with E-state index >= 15 is 0 Å². The van der Waals surface area contributed by atoms with Gasteiger partial charge in [0.05, 0.1) is 20.8 Å². The Labute approximate surface area is 201 Å². The molecule has 0 aromatic heterocycles. The van der Waals surface area contributed by atoms with Crippen LogP contribution in [-0.4, -0.2) is 61.1 Å². The zero-order valence-corrected chi connectivity index (χ0v) is 20.1. The number of likely N-dealkylation sites (tertiary alicyclic amines) is 1. The van der Waals surface area contributed by atoms with Gasteiger partial charge in [-0.25, -0.2) is 4.79 Å². The average Bonchev–Trinajstić information content (AvgIpc) is 3.08. The summed E-state index contributed by atoms with van der Waals surface area (Å²) in [5, 5.41) is 3.00. The van der Waals surface area contributed by atoms with Crippen LogP contribution in [0.25, 0.3) is 6.08 Å². The summed E-state index contributed by atoms with van der Waals surface area (Å²) in [6.45, 7) is 4.67. The number of hydrogen-bond donors (Lipinski definition) is 1. The van der Waals surface area contributed by atoms with Crippen LogP contribution in [0.1, 0.15) is 30.9 Å². The largest absolute Gasteiger partial charge is 0.493 e. The van der Waals surface area contributed by atoms with Crippen molar-refractivity contribution in [1.29, 1.82) is 0 Å². The van der Waals surface area contributed by atoms with Crippen LogP contribution in [0.2, 0.25) is 0 Å². The van der Waals surface area contributed by atoms with Crippen molar-refractivity contribution in [2.24, 2.45) is 5.92 Å². The van der Waals surface area contributed by atoms with Crippen molar-refractivity contribution in [2.75, 3.05) is 33.9 Å². The molecule has 0 spiro atoms. The number of urea groups is 1. The zero-order valence-electron chi connectivity index (χ0n) is 20.1. The summed E-state index contributed by atoms with van der Waals surface area (Å²) in [6.07, 6.45) is 6.04. The molecule has 2 aromatic rings. The molecule has 1 N–H and O–H groups in total. The number of amides is 3. The van der Waals surface area contributed by atoms with Crippen LogP contribution < -0.4 is 14.8 Å². The first-order valence-corrected chi connectivity index (χ1v) is 11.7. The zero-order chi connectivity index (χ0) is 24.1. The number of nitrogens with one attached hydrogen (secondary N) is 1. The number of piperidine rings is 1. The number of imide groups is 1. The second kappa shape index (κ2) is 10.3. The highest BCUT2D eigenvalue weighted by molar-refractivity contribution is 6.07. The SMILES string of the molecule is COc1cccc(CN2C(=O)NC(C)(C3CCN(C/C=C/c4ccccc4)CC3)C2=O)c1OC. The number of ether oxygens (including phenoxy) is 2. The first-order chi connectivity index (χ1) is 16.5. The summed E-state index contributed by atoms with van der Waals surface area (Å²) in [4.78, 5) is 30.0. The average molecular weight is 464 g/mol. The predicted molar refractivity (Wildman–Crippen MR) is 132 cm³/mol. The number of carbonyl (C=O) groups excluding carboxylic acids is 2. The predicted octanol–water partition coefficient (Wildman–Crippen LogP) is 3.94. The van der Waals surface area contributed by atoms with Crippen LogP contribution in [0, 0.1) is 5.92 Å². The van der Waals surface area contributed by atoms with Crippen molar-refractivity contribution >= 4 is 18.0 Å². The number of methoxy groups -OCH3 is 2. The second-order valence-electron chi connectivity index (χ2n) is 9.06. The topological polar surface area (TPSA) is 71.1 Å². The minimum absolute atomic E-state index is 0.0931. The van der Waals surface area contributed by atoms with E-state index in [1.165, 1.54) is 10.5 Å². The third-order valence-electron chi connectivity index (χ3n) is 6.99. The van der Waals surface area contributed by atoms with Gasteiger partial charge in [-0.2, -0.15) is 0 Å². The van der Waals surface area contributed by atoms with Gasteiger partial charge in [-0.3, -0.25) is 14.6 Å². The molecule has 0 aliphatic carbocycles. The van der Waals surface area contributed by atoms with Crippen molar-refractivity contribution in [3.8, 4) is 11.5 Å². The van der Waals surface area contributed by atoms with Crippen LogP contribution in [0.3, 0.4) is 0 Å². The Morgan fingerprint density at radius 1 is 1.03 bits per heavy atom. The van der Waals surface area contributed by atoms with Gasteiger partial charge in [-0.15, -0.1) is 0 Å². The van der Waals surface area contributed by atoms with Gasteiger partial charge in [0.15, 0.2) is 11.5 Å². The number of nitrogens with zero attached hydrogens (tertiary/aromatic N) is 2. The molecule has 34 heavy (non-hydrogen) atoms. The molecule has 0 saturated carbocycles. The van der Waals surface area contributed by atoms with Gasteiger partial charge in [0, 0.05) is 12.1 Å². The van der Waals surface area contributed by atoms with Gasteiger partial charge in [0.25, 0.3) is 5.91 Å². The molecular weight excluding hydrogens is 430 g/mol. The van der Waals surface area contributed by atoms with Crippen molar-refractivity contribution in [2.45, 2.75) is 31.8 Å². The summed E-state index contributed by atoms with van der Waals surface area (Å²) < 4.78 is 10.8. The molecule has 2 fully saturated rings. The fourth-order valence-corrected chi connectivity index (χ4v) is 4.98. The monoisotopic (exact) mass is 463 g/mol. The van der Waals surface area contributed by atoms with E-state index in [2.05, 4.69) is 34.5 Å². The molecule has 2 saturated heterocycles. The highest BCUT2D eigenvalue weighted by Gasteiger charge is 2.52. The Morgan fingerprint density at radius 3 is 2.44 bits per heavy atom. The summed E-state index contributed by atoms with van der Waals surface area (Å²) in [7, 11) is 3.12. The number of para-hydroxylation sites is 1. The molecule has 2 aliphatic rings. The summed E-state index contributed by atoms with van der Waals surface area (Å²) in [5.41, 5.74) is 1.03. The van der Waals surface area contributed by atoms with E-state index in [1.54, 1.807) is 20.3 Å². The second-order valence-corrected chi connectivity index (χ2v) is 9.06. The van der Waals surface area contributed by atoms with E-state index in [9.17, 15) is 9.59 Å². The van der Waals surface area contributed by atoms with E-state index in [0.717, 1.165) is 38.0 Å². The first-order valence-electron chi connectivity index (χ1n) is 11.7. The lowest BCUT2D eigenvalue weighted by molar-refractivity contribution is -0.133. The Hall–Kier alpha value is -3.32. The normalized spacial score (nSPS) is 21.8. The smallest absolute Gasteiger partial charge is 0.325 e. The molecule has 4 rings (SSSR count). The molecule has 7 heteroatoms. The fraction of sp³-hybridized carbons (Fsp3) is 0.407. The van der Waals surface area contributed by atoms with Gasteiger partial charge in [-0.1, -0.05) is 54.6 Å². The van der Waals surface area contributed by atoms with E-state index in [4.69, 9.17) is 9.47 Å². The molecule has 1 unspecified atom stereocenters. The van der Waals surface area contributed by atoms with Crippen molar-refractivity contribution in [3.05, 3.63) is 65.7 Å². The van der Waals surface area contributed by atoms with E-state index in [1.807, 2.05) is 37.3 Å². The number of rotatable bonds is 8. The standard InChI is InChI=1S/C27H33N3O4/c1-27(22-14-17-29(18-15-22)16-8-11-20-9-5-4-6-10-20)25(31)30(26(32)28-27)19-21-12-7-13-23(33-2)24(21)34-3/h4-13,22H,14-19H2,1-3H3,(H,28,32)/b11-8+. The number of benzene rings is 2. The molecular formula is C27H33N3O4. The van der Waals surface area contributed by atoms with Crippen LogP contribution in [0.5, 0.6) is 11.5 Å². The summed E-state index contributed by atoms with van der Waals surface area (Å²) >= 11 is 0. The molecule has 2 heterocycles.